The van der Waals surface area contributed by atoms with Crippen LogP contribution in [-0.4, -0.2) is 26.2 Å². The van der Waals surface area contributed by atoms with Crippen LogP contribution in [0.1, 0.15) is 16.3 Å². The van der Waals surface area contributed by atoms with Crippen molar-refractivity contribution >= 4 is 17.3 Å². The minimum Gasteiger partial charge on any atom is -0.475 e. The Morgan fingerprint density at radius 2 is 2.13 bits per heavy atom. The van der Waals surface area contributed by atoms with Gasteiger partial charge in [-0.2, -0.15) is 0 Å². The van der Waals surface area contributed by atoms with Gasteiger partial charge in [-0.05, 0) is 19.1 Å². The van der Waals surface area contributed by atoms with Gasteiger partial charge in [0.1, 0.15) is 11.5 Å². The van der Waals surface area contributed by atoms with E-state index in [1.165, 1.54) is 0 Å². The second kappa shape index (κ2) is 3.20. The minimum absolute atomic E-state index is 0.0133. The summed E-state index contributed by atoms with van der Waals surface area (Å²) in [6.45, 7) is 1.71. The molecule has 0 radical (unpaired) electrons. The first-order chi connectivity index (χ1) is 7.11. The van der Waals surface area contributed by atoms with E-state index in [2.05, 4.69) is 4.98 Å². The third-order valence-corrected chi connectivity index (χ3v) is 2.13. The molecular formula is C10H8N2O3. The molecule has 0 aliphatic carbocycles. The van der Waals surface area contributed by atoms with Gasteiger partial charge in [0.15, 0.2) is 0 Å². The maximum atomic E-state index is 11.3. The first-order valence-corrected chi connectivity index (χ1v) is 4.32. The second-order valence-electron chi connectivity index (χ2n) is 3.10. The zero-order valence-corrected chi connectivity index (χ0v) is 7.97. The Balaban J connectivity index is 2.72. The van der Waals surface area contributed by atoms with Crippen molar-refractivity contribution in [2.45, 2.75) is 6.92 Å². The van der Waals surface area contributed by atoms with Gasteiger partial charge < -0.3 is 9.51 Å². The molecule has 0 aliphatic rings. The number of Topliss-reactive ketones (excluding diaryl/α,β-unsaturated/α-hetero) is 1. The molecule has 0 unspecified atom stereocenters. The van der Waals surface area contributed by atoms with Crippen LogP contribution in [0, 0.1) is 6.92 Å². The van der Waals surface area contributed by atoms with Gasteiger partial charge in [-0.3, -0.25) is 4.79 Å². The summed E-state index contributed by atoms with van der Waals surface area (Å²) in [7, 11) is 0. The lowest BCUT2D eigenvalue weighted by Gasteiger charge is -1.94. The highest BCUT2D eigenvalue weighted by molar-refractivity contribution is 6.40. The molecule has 76 valence electrons. The smallest absolute Gasteiger partial charge is 0.379 e. The first-order valence-electron chi connectivity index (χ1n) is 4.32. The predicted octanol–water partition coefficient (Wildman–Crippen LogP) is 0.910. The molecule has 0 amide bonds. The van der Waals surface area contributed by atoms with E-state index in [1.807, 2.05) is 0 Å². The molecule has 5 nitrogen and oxygen atoms in total. The SMILES string of the molecule is Cc1nc(C(=O)C(=O)O)c2ccccn12. The van der Waals surface area contributed by atoms with E-state index in [1.54, 1.807) is 35.7 Å². The Hall–Kier alpha value is -2.17. The van der Waals surface area contributed by atoms with E-state index in [0.29, 0.717) is 11.3 Å². The van der Waals surface area contributed by atoms with Gasteiger partial charge in [-0.15, -0.1) is 0 Å². The summed E-state index contributed by atoms with van der Waals surface area (Å²) in [6.07, 6.45) is 1.73. The number of nitrogens with zero attached hydrogens (tertiary/aromatic N) is 2. The van der Waals surface area contributed by atoms with Crippen molar-refractivity contribution in [1.82, 2.24) is 9.38 Å². The molecule has 0 fully saturated rings. The molecule has 2 aromatic rings. The third kappa shape index (κ3) is 1.38. The molecular weight excluding hydrogens is 196 g/mol. The Morgan fingerprint density at radius 3 is 2.80 bits per heavy atom. The standard InChI is InChI=1S/C10H8N2O3/c1-6-11-8(9(13)10(14)15)7-4-2-3-5-12(6)7/h2-5H,1H3,(H,14,15). The summed E-state index contributed by atoms with van der Waals surface area (Å²) < 4.78 is 1.68. The van der Waals surface area contributed by atoms with E-state index >= 15 is 0 Å². The number of rotatable bonds is 2. The highest BCUT2D eigenvalue weighted by Gasteiger charge is 2.21. The number of imidazole rings is 1. The molecule has 2 aromatic heterocycles. The van der Waals surface area contributed by atoms with Gasteiger partial charge in [-0.25, -0.2) is 9.78 Å². The van der Waals surface area contributed by atoms with E-state index < -0.39 is 11.8 Å². The monoisotopic (exact) mass is 204 g/mol. The van der Waals surface area contributed by atoms with Crippen LogP contribution < -0.4 is 0 Å². The number of pyridine rings is 1. The van der Waals surface area contributed by atoms with Crippen molar-refractivity contribution in [3.8, 4) is 0 Å². The largest absolute Gasteiger partial charge is 0.475 e. The van der Waals surface area contributed by atoms with Crippen LogP contribution in [0.15, 0.2) is 24.4 Å². The molecule has 0 aromatic carbocycles. The molecule has 1 N–H and O–H groups in total. The fraction of sp³-hybridized carbons (Fsp3) is 0.100. The van der Waals surface area contributed by atoms with Gasteiger partial charge in [-0.1, -0.05) is 6.07 Å². The molecule has 0 saturated carbocycles. The maximum absolute atomic E-state index is 11.3. The summed E-state index contributed by atoms with van der Waals surface area (Å²) in [6, 6.07) is 5.18. The number of carboxylic acids is 1. The molecule has 15 heavy (non-hydrogen) atoms. The normalized spacial score (nSPS) is 10.5. The number of aromatic nitrogens is 2. The van der Waals surface area contributed by atoms with Gasteiger partial charge in [0.2, 0.25) is 0 Å². The van der Waals surface area contributed by atoms with Crippen LogP contribution in [0.3, 0.4) is 0 Å². The lowest BCUT2D eigenvalue weighted by Crippen LogP contribution is -2.13. The Morgan fingerprint density at radius 1 is 1.40 bits per heavy atom. The van der Waals surface area contributed by atoms with Crippen LogP contribution in [0.4, 0.5) is 0 Å². The number of hydrogen-bond acceptors (Lipinski definition) is 3. The van der Waals surface area contributed by atoms with Gasteiger partial charge in [0, 0.05) is 6.20 Å². The molecule has 0 bridgehead atoms. The van der Waals surface area contributed by atoms with E-state index in [-0.39, 0.29) is 5.69 Å². The van der Waals surface area contributed by atoms with Crippen molar-refractivity contribution in [3.63, 3.8) is 0 Å². The van der Waals surface area contributed by atoms with E-state index in [9.17, 15) is 9.59 Å². The molecule has 5 heteroatoms. The molecule has 2 rings (SSSR count). The summed E-state index contributed by atoms with van der Waals surface area (Å²) in [5, 5.41) is 8.61. The van der Waals surface area contributed by atoms with Crippen LogP contribution >= 0.6 is 0 Å². The zero-order valence-electron chi connectivity index (χ0n) is 7.97. The van der Waals surface area contributed by atoms with Gasteiger partial charge >= 0.3 is 5.97 Å². The molecule has 0 atom stereocenters. The Bertz CT molecular complexity index is 557. The quantitative estimate of drug-likeness (QED) is 0.583. The number of fused-ring (bicyclic) bond motifs is 1. The number of aryl methyl sites for hydroxylation is 1. The van der Waals surface area contributed by atoms with Crippen molar-refractivity contribution in [1.29, 1.82) is 0 Å². The number of carboxylic acid groups (broad SMARTS) is 1. The Labute approximate surface area is 85.0 Å². The minimum atomic E-state index is -1.49. The van der Waals surface area contributed by atoms with Crippen LogP contribution in [0.25, 0.3) is 5.52 Å². The summed E-state index contributed by atoms with van der Waals surface area (Å²) >= 11 is 0. The van der Waals surface area contributed by atoms with E-state index in [0.717, 1.165) is 0 Å². The fourth-order valence-corrected chi connectivity index (χ4v) is 1.46. The van der Waals surface area contributed by atoms with Crippen molar-refractivity contribution in [2.24, 2.45) is 0 Å². The molecule has 2 heterocycles. The van der Waals surface area contributed by atoms with Gasteiger partial charge in [0.05, 0.1) is 5.52 Å². The van der Waals surface area contributed by atoms with Crippen LogP contribution in [-0.2, 0) is 4.79 Å². The van der Waals surface area contributed by atoms with Gasteiger partial charge in [0.25, 0.3) is 5.78 Å². The van der Waals surface area contributed by atoms with Crippen LogP contribution in [0.2, 0.25) is 0 Å². The molecule has 0 aliphatic heterocycles. The lowest BCUT2D eigenvalue weighted by atomic mass is 10.2. The van der Waals surface area contributed by atoms with E-state index in [4.69, 9.17) is 5.11 Å². The number of carbonyl (C=O) groups excluding carboxylic acids is 1. The predicted molar refractivity (Wildman–Crippen MR) is 51.9 cm³/mol. The van der Waals surface area contributed by atoms with Crippen molar-refractivity contribution < 1.29 is 14.7 Å². The highest BCUT2D eigenvalue weighted by atomic mass is 16.4. The number of hydrogen-bond donors (Lipinski definition) is 1. The maximum Gasteiger partial charge on any atom is 0.379 e. The average Bonchev–Trinajstić information content (AvgIpc) is 2.56. The average molecular weight is 204 g/mol. The Kier molecular flexibility index (Phi) is 2.00. The first kappa shape index (κ1) is 9.39. The number of ketones is 1. The molecule has 0 spiro atoms. The highest BCUT2D eigenvalue weighted by Crippen LogP contribution is 2.12. The third-order valence-electron chi connectivity index (χ3n) is 2.13. The second-order valence-corrected chi connectivity index (χ2v) is 3.10. The van der Waals surface area contributed by atoms with Crippen LogP contribution in [0.5, 0.6) is 0 Å². The zero-order chi connectivity index (χ0) is 11.0. The number of aliphatic carboxylic acids is 1. The number of carbonyl (C=O) groups is 2. The fourth-order valence-electron chi connectivity index (χ4n) is 1.46. The van der Waals surface area contributed by atoms with Crippen molar-refractivity contribution in [3.05, 3.63) is 35.9 Å². The summed E-state index contributed by atoms with van der Waals surface area (Å²) in [5.74, 6) is -1.87. The van der Waals surface area contributed by atoms with Crippen molar-refractivity contribution in [2.75, 3.05) is 0 Å². The summed E-state index contributed by atoms with van der Waals surface area (Å²) in [4.78, 5) is 25.8. The topological polar surface area (TPSA) is 71.7 Å². The molecule has 0 saturated heterocycles. The summed E-state index contributed by atoms with van der Waals surface area (Å²) in [5.41, 5.74) is 0.503. The lowest BCUT2D eigenvalue weighted by molar-refractivity contribution is -0.131.